The lowest BCUT2D eigenvalue weighted by atomic mass is 10.00. The van der Waals surface area contributed by atoms with Crippen LogP contribution in [0, 0.1) is 0 Å². The summed E-state index contributed by atoms with van der Waals surface area (Å²) < 4.78 is 5.15. The highest BCUT2D eigenvalue weighted by Crippen LogP contribution is 2.29. The van der Waals surface area contributed by atoms with Gasteiger partial charge in [-0.3, -0.25) is 0 Å². The first-order valence-electron chi connectivity index (χ1n) is 5.06. The zero-order valence-electron chi connectivity index (χ0n) is 9.14. The number of hydrogen-bond acceptors (Lipinski definition) is 3. The van der Waals surface area contributed by atoms with Crippen LogP contribution < -0.4 is 15.4 Å². The largest absolute Gasteiger partial charge is 0.496 e. The summed E-state index contributed by atoms with van der Waals surface area (Å²) in [7, 11) is 1.50. The van der Waals surface area contributed by atoms with Crippen molar-refractivity contribution in [1.29, 1.82) is 0 Å². The van der Waals surface area contributed by atoms with E-state index >= 15 is 0 Å². The smallest absolute Gasteiger partial charge is 0.328 e. The minimum atomic E-state index is -1.08. The summed E-state index contributed by atoms with van der Waals surface area (Å²) in [5.74, 6) is -0.535. The number of urea groups is 1. The Labute approximate surface area is 97.6 Å². The molecule has 0 spiro atoms. The molecular formula is C11H12N2O4. The summed E-state index contributed by atoms with van der Waals surface area (Å²) in [4.78, 5) is 22.2. The molecule has 2 amide bonds. The first-order chi connectivity index (χ1) is 8.13. The number of aliphatic carboxylic acids is 1. The normalized spacial score (nSPS) is 22.8. The minimum absolute atomic E-state index is 0.492. The Hall–Kier alpha value is -2.24. The second-order valence-electron chi connectivity index (χ2n) is 3.65. The molecule has 1 saturated heterocycles. The lowest BCUT2D eigenvalue weighted by Crippen LogP contribution is -2.35. The Balaban J connectivity index is 2.38. The lowest BCUT2D eigenvalue weighted by Gasteiger charge is -2.17. The number of carbonyl (C=O) groups excluding carboxylic acids is 1. The number of carboxylic acid groups (broad SMARTS) is 1. The minimum Gasteiger partial charge on any atom is -0.496 e. The van der Waals surface area contributed by atoms with Crippen molar-refractivity contribution in [3.05, 3.63) is 29.8 Å². The third kappa shape index (κ3) is 2.01. The van der Waals surface area contributed by atoms with E-state index in [0.717, 1.165) is 0 Å². The van der Waals surface area contributed by atoms with Gasteiger partial charge in [-0.05, 0) is 6.07 Å². The maximum Gasteiger partial charge on any atom is 0.328 e. The van der Waals surface area contributed by atoms with Crippen LogP contribution in [-0.2, 0) is 4.79 Å². The number of hydrogen-bond donors (Lipinski definition) is 3. The molecule has 1 aromatic rings. The van der Waals surface area contributed by atoms with Gasteiger partial charge < -0.3 is 20.5 Å². The standard InChI is InChI=1S/C11H12N2O4/c1-17-7-5-3-2-4-6(7)8-9(10(14)15)13-11(16)12-8/h2-5,8-9H,1H3,(H,14,15)(H2,12,13,16). The average molecular weight is 236 g/mol. The zero-order valence-corrected chi connectivity index (χ0v) is 9.14. The molecule has 0 bridgehead atoms. The van der Waals surface area contributed by atoms with Gasteiger partial charge in [-0.25, -0.2) is 9.59 Å². The molecule has 1 aliphatic rings. The van der Waals surface area contributed by atoms with E-state index in [1.165, 1.54) is 7.11 Å². The Kier molecular flexibility index (Phi) is 2.86. The molecule has 2 rings (SSSR count). The van der Waals surface area contributed by atoms with Gasteiger partial charge in [-0.2, -0.15) is 0 Å². The first kappa shape index (κ1) is 11.3. The van der Waals surface area contributed by atoms with Gasteiger partial charge in [-0.1, -0.05) is 18.2 Å². The highest BCUT2D eigenvalue weighted by Gasteiger charge is 2.39. The molecule has 1 fully saturated rings. The molecule has 0 aliphatic carbocycles. The summed E-state index contributed by atoms with van der Waals surface area (Å²) >= 11 is 0. The van der Waals surface area contributed by atoms with Crippen LogP contribution in [0.3, 0.4) is 0 Å². The summed E-state index contributed by atoms with van der Waals surface area (Å²) in [6.07, 6.45) is 0. The number of carbonyl (C=O) groups is 2. The molecule has 1 heterocycles. The predicted molar refractivity (Wildman–Crippen MR) is 58.8 cm³/mol. The van der Waals surface area contributed by atoms with Gasteiger partial charge in [0.2, 0.25) is 0 Å². The fourth-order valence-corrected chi connectivity index (χ4v) is 1.88. The number of methoxy groups -OCH3 is 1. The van der Waals surface area contributed by atoms with Crippen molar-refractivity contribution in [1.82, 2.24) is 10.6 Å². The Morgan fingerprint density at radius 1 is 1.35 bits per heavy atom. The number of amides is 2. The maximum absolute atomic E-state index is 11.2. The SMILES string of the molecule is COc1ccccc1C1NC(=O)NC1C(=O)O. The van der Waals surface area contributed by atoms with Crippen LogP contribution in [0.4, 0.5) is 4.79 Å². The molecule has 3 N–H and O–H groups in total. The van der Waals surface area contributed by atoms with Crippen LogP contribution in [0.5, 0.6) is 5.75 Å². The second-order valence-corrected chi connectivity index (χ2v) is 3.65. The number of para-hydroxylation sites is 1. The zero-order chi connectivity index (χ0) is 12.4. The molecule has 0 radical (unpaired) electrons. The monoisotopic (exact) mass is 236 g/mol. The van der Waals surface area contributed by atoms with Gasteiger partial charge in [-0.15, -0.1) is 0 Å². The number of carboxylic acids is 1. The molecule has 0 saturated carbocycles. The Morgan fingerprint density at radius 2 is 2.06 bits per heavy atom. The summed E-state index contributed by atoms with van der Waals surface area (Å²) in [5, 5.41) is 13.9. The summed E-state index contributed by atoms with van der Waals surface area (Å²) in [6.45, 7) is 0. The van der Waals surface area contributed by atoms with Gasteiger partial charge in [0.1, 0.15) is 5.75 Å². The Morgan fingerprint density at radius 3 is 2.71 bits per heavy atom. The third-order valence-corrected chi connectivity index (χ3v) is 2.65. The molecule has 17 heavy (non-hydrogen) atoms. The van der Waals surface area contributed by atoms with Crippen molar-refractivity contribution in [2.24, 2.45) is 0 Å². The quantitative estimate of drug-likeness (QED) is 0.713. The van der Waals surface area contributed by atoms with Crippen molar-refractivity contribution in [3.8, 4) is 5.75 Å². The predicted octanol–water partition coefficient (Wildman–Crippen LogP) is 0.502. The lowest BCUT2D eigenvalue weighted by molar-refractivity contribution is -0.139. The molecule has 1 aromatic carbocycles. The average Bonchev–Trinajstić information content (AvgIpc) is 2.71. The van der Waals surface area contributed by atoms with Crippen LogP contribution in [0.15, 0.2) is 24.3 Å². The van der Waals surface area contributed by atoms with Crippen LogP contribution >= 0.6 is 0 Å². The van der Waals surface area contributed by atoms with Gasteiger partial charge in [0.05, 0.1) is 13.2 Å². The molecular weight excluding hydrogens is 224 g/mol. The van der Waals surface area contributed by atoms with E-state index in [1.807, 2.05) is 0 Å². The fraction of sp³-hybridized carbons (Fsp3) is 0.273. The van der Waals surface area contributed by atoms with Crippen molar-refractivity contribution in [2.45, 2.75) is 12.1 Å². The summed E-state index contributed by atoms with van der Waals surface area (Å²) in [5.41, 5.74) is 0.640. The molecule has 6 heteroatoms. The molecule has 2 unspecified atom stereocenters. The Bertz CT molecular complexity index is 461. The van der Waals surface area contributed by atoms with E-state index < -0.39 is 24.1 Å². The van der Waals surface area contributed by atoms with Crippen molar-refractivity contribution in [2.75, 3.05) is 7.11 Å². The number of ether oxygens (including phenoxy) is 1. The van der Waals surface area contributed by atoms with Gasteiger partial charge in [0.15, 0.2) is 6.04 Å². The number of rotatable bonds is 3. The molecule has 1 aliphatic heterocycles. The molecule has 90 valence electrons. The van der Waals surface area contributed by atoms with Gasteiger partial charge in [0, 0.05) is 5.56 Å². The van der Waals surface area contributed by atoms with E-state index in [-0.39, 0.29) is 0 Å². The first-order valence-corrected chi connectivity index (χ1v) is 5.06. The number of benzene rings is 1. The van der Waals surface area contributed by atoms with E-state index in [2.05, 4.69) is 10.6 Å². The topological polar surface area (TPSA) is 87.7 Å². The summed E-state index contributed by atoms with van der Waals surface area (Å²) in [6, 6.07) is 4.89. The van der Waals surface area contributed by atoms with Gasteiger partial charge >= 0.3 is 12.0 Å². The second kappa shape index (κ2) is 4.32. The van der Waals surface area contributed by atoms with E-state index in [4.69, 9.17) is 9.84 Å². The van der Waals surface area contributed by atoms with Crippen LogP contribution in [0.2, 0.25) is 0 Å². The third-order valence-electron chi connectivity index (χ3n) is 2.65. The fourth-order valence-electron chi connectivity index (χ4n) is 1.88. The molecule has 2 atom stereocenters. The number of nitrogens with one attached hydrogen (secondary N) is 2. The van der Waals surface area contributed by atoms with Crippen molar-refractivity contribution in [3.63, 3.8) is 0 Å². The van der Waals surface area contributed by atoms with Gasteiger partial charge in [0.25, 0.3) is 0 Å². The van der Waals surface area contributed by atoms with Crippen LogP contribution in [0.1, 0.15) is 11.6 Å². The highest BCUT2D eigenvalue weighted by molar-refractivity contribution is 5.88. The maximum atomic E-state index is 11.2. The van der Waals surface area contributed by atoms with E-state index in [1.54, 1.807) is 24.3 Å². The molecule has 0 aromatic heterocycles. The van der Waals surface area contributed by atoms with Crippen LogP contribution in [0.25, 0.3) is 0 Å². The van der Waals surface area contributed by atoms with E-state index in [9.17, 15) is 9.59 Å². The van der Waals surface area contributed by atoms with Crippen LogP contribution in [-0.4, -0.2) is 30.3 Å². The van der Waals surface area contributed by atoms with Crippen molar-refractivity contribution < 1.29 is 19.4 Å². The van der Waals surface area contributed by atoms with Crippen molar-refractivity contribution >= 4 is 12.0 Å². The molecule has 6 nitrogen and oxygen atoms in total. The highest BCUT2D eigenvalue weighted by atomic mass is 16.5. The van der Waals surface area contributed by atoms with E-state index in [0.29, 0.717) is 11.3 Å².